The number of nitrogens with one attached hydrogen (secondary N) is 2. The summed E-state index contributed by atoms with van der Waals surface area (Å²) in [6, 6.07) is 15.9. The molecule has 0 aromatic heterocycles. The van der Waals surface area contributed by atoms with Crippen molar-refractivity contribution in [2.45, 2.75) is 24.8 Å². The molecule has 1 saturated heterocycles. The molecule has 2 heterocycles. The Kier molecular flexibility index (Phi) is 5.07. The lowest BCUT2D eigenvalue weighted by molar-refractivity contribution is -0.122. The highest BCUT2D eigenvalue weighted by Gasteiger charge is 2.33. The van der Waals surface area contributed by atoms with Crippen LogP contribution in [0.5, 0.6) is 11.5 Å². The van der Waals surface area contributed by atoms with Gasteiger partial charge in [-0.2, -0.15) is 0 Å². The van der Waals surface area contributed by atoms with E-state index in [-0.39, 0.29) is 30.3 Å². The Balaban J connectivity index is 0.00000169. The monoisotopic (exact) mass is 344 g/mol. The van der Waals surface area contributed by atoms with E-state index in [0.29, 0.717) is 0 Å². The van der Waals surface area contributed by atoms with Crippen molar-refractivity contribution < 1.29 is 9.53 Å². The van der Waals surface area contributed by atoms with Crippen LogP contribution in [0.1, 0.15) is 29.9 Å². The average molecular weight is 345 g/mol. The maximum atomic E-state index is 13.0. The molecule has 0 bridgehead atoms. The standard InChI is InChI=1S/C19H20N2O2.ClH/c22-19(21-13-9-11-20-12-10-13)18-14-5-1-3-7-16(14)23-17-8-4-2-6-15(17)18;/h1-8,13,18,20H,9-12H2,(H,21,22);1H. The van der Waals surface area contributed by atoms with E-state index < -0.39 is 0 Å². The average Bonchev–Trinajstić information content (AvgIpc) is 2.60. The van der Waals surface area contributed by atoms with Crippen molar-refractivity contribution in [3.8, 4) is 11.5 Å². The molecule has 0 saturated carbocycles. The largest absolute Gasteiger partial charge is 0.457 e. The summed E-state index contributed by atoms with van der Waals surface area (Å²) < 4.78 is 5.96. The predicted molar refractivity (Wildman–Crippen MR) is 96.1 cm³/mol. The van der Waals surface area contributed by atoms with E-state index in [9.17, 15) is 4.79 Å². The summed E-state index contributed by atoms with van der Waals surface area (Å²) in [5.74, 6) is 1.32. The second-order valence-electron chi connectivity index (χ2n) is 6.14. The lowest BCUT2D eigenvalue weighted by Crippen LogP contribution is -2.44. The molecular formula is C19H21ClN2O2. The van der Waals surface area contributed by atoms with Gasteiger partial charge in [-0.05, 0) is 38.1 Å². The van der Waals surface area contributed by atoms with Gasteiger partial charge in [-0.25, -0.2) is 0 Å². The molecule has 2 aliphatic rings. The van der Waals surface area contributed by atoms with Crippen molar-refractivity contribution in [2.24, 2.45) is 0 Å². The van der Waals surface area contributed by atoms with Crippen LogP contribution < -0.4 is 15.4 Å². The molecule has 0 atom stereocenters. The fourth-order valence-corrected chi connectivity index (χ4v) is 3.44. The van der Waals surface area contributed by atoms with Gasteiger partial charge in [0, 0.05) is 17.2 Å². The van der Waals surface area contributed by atoms with Crippen molar-refractivity contribution >= 4 is 18.3 Å². The summed E-state index contributed by atoms with van der Waals surface area (Å²) in [4.78, 5) is 13.0. The Morgan fingerprint density at radius 1 is 0.958 bits per heavy atom. The number of hydrogen-bond donors (Lipinski definition) is 2. The molecule has 2 aromatic carbocycles. The van der Waals surface area contributed by atoms with Crippen molar-refractivity contribution in [1.29, 1.82) is 0 Å². The summed E-state index contributed by atoms with van der Waals surface area (Å²) in [5, 5.41) is 6.56. The van der Waals surface area contributed by atoms with Gasteiger partial charge < -0.3 is 15.4 Å². The van der Waals surface area contributed by atoms with E-state index in [4.69, 9.17) is 4.74 Å². The third-order valence-electron chi connectivity index (χ3n) is 4.63. The number of amides is 1. The van der Waals surface area contributed by atoms with Gasteiger partial charge in [0.05, 0.1) is 5.92 Å². The Morgan fingerprint density at radius 2 is 1.50 bits per heavy atom. The summed E-state index contributed by atoms with van der Waals surface area (Å²) in [5.41, 5.74) is 1.88. The minimum absolute atomic E-state index is 0. The first-order valence-corrected chi connectivity index (χ1v) is 8.20. The molecule has 0 unspecified atom stereocenters. The van der Waals surface area contributed by atoms with Gasteiger partial charge in [-0.3, -0.25) is 4.79 Å². The Hall–Kier alpha value is -2.04. The highest BCUT2D eigenvalue weighted by molar-refractivity contribution is 5.89. The van der Waals surface area contributed by atoms with Crippen molar-refractivity contribution in [3.05, 3.63) is 59.7 Å². The Bertz CT molecular complexity index is 683. The number of fused-ring (bicyclic) bond motifs is 2. The van der Waals surface area contributed by atoms with Crippen LogP contribution in [0.4, 0.5) is 0 Å². The third-order valence-corrected chi connectivity index (χ3v) is 4.63. The lowest BCUT2D eigenvalue weighted by atomic mass is 9.87. The molecule has 2 N–H and O–H groups in total. The number of rotatable bonds is 2. The summed E-state index contributed by atoms with van der Waals surface area (Å²) >= 11 is 0. The van der Waals surface area contributed by atoms with Gasteiger partial charge in [0.25, 0.3) is 0 Å². The zero-order valence-corrected chi connectivity index (χ0v) is 14.1. The van der Waals surface area contributed by atoms with Crippen LogP contribution in [0.15, 0.2) is 48.5 Å². The van der Waals surface area contributed by atoms with Gasteiger partial charge >= 0.3 is 0 Å². The molecule has 4 nitrogen and oxygen atoms in total. The topological polar surface area (TPSA) is 50.4 Å². The van der Waals surface area contributed by atoms with Gasteiger partial charge in [0.15, 0.2) is 0 Å². The summed E-state index contributed by atoms with van der Waals surface area (Å²) in [6.07, 6.45) is 1.97. The molecule has 0 spiro atoms. The molecule has 0 radical (unpaired) electrons. The van der Waals surface area contributed by atoms with Crippen molar-refractivity contribution in [2.75, 3.05) is 13.1 Å². The smallest absolute Gasteiger partial charge is 0.232 e. The second-order valence-corrected chi connectivity index (χ2v) is 6.14. The number of halogens is 1. The van der Waals surface area contributed by atoms with E-state index in [1.807, 2.05) is 48.5 Å². The molecule has 1 fully saturated rings. The number of ether oxygens (including phenoxy) is 1. The van der Waals surface area contributed by atoms with Gasteiger partial charge in [-0.15, -0.1) is 12.4 Å². The summed E-state index contributed by atoms with van der Waals surface area (Å²) in [7, 11) is 0. The lowest BCUT2D eigenvalue weighted by Gasteiger charge is -2.30. The molecule has 0 aliphatic carbocycles. The van der Waals surface area contributed by atoms with E-state index in [1.165, 1.54) is 0 Å². The normalized spacial score (nSPS) is 17.0. The Morgan fingerprint density at radius 3 is 2.08 bits per heavy atom. The van der Waals surface area contributed by atoms with E-state index in [0.717, 1.165) is 48.6 Å². The highest BCUT2D eigenvalue weighted by Crippen LogP contribution is 2.43. The van der Waals surface area contributed by atoms with Crippen LogP contribution in [0.3, 0.4) is 0 Å². The zero-order valence-electron chi connectivity index (χ0n) is 13.3. The molecule has 1 amide bonds. The number of hydrogen-bond acceptors (Lipinski definition) is 3. The minimum atomic E-state index is -0.300. The van der Waals surface area contributed by atoms with E-state index in [1.54, 1.807) is 0 Å². The van der Waals surface area contributed by atoms with Crippen LogP contribution in [-0.4, -0.2) is 25.0 Å². The van der Waals surface area contributed by atoms with Crippen LogP contribution in [0.25, 0.3) is 0 Å². The maximum Gasteiger partial charge on any atom is 0.232 e. The Labute approximate surface area is 148 Å². The third kappa shape index (κ3) is 3.12. The number of carbonyl (C=O) groups is 1. The SMILES string of the molecule is Cl.O=C(NC1CCNCC1)C1c2ccccc2Oc2ccccc21. The first-order chi connectivity index (χ1) is 11.3. The van der Waals surface area contributed by atoms with Gasteiger partial charge in [0.1, 0.15) is 11.5 Å². The molecular weight excluding hydrogens is 324 g/mol. The first kappa shape index (κ1) is 16.8. The van der Waals surface area contributed by atoms with Gasteiger partial charge in [-0.1, -0.05) is 36.4 Å². The van der Waals surface area contributed by atoms with Crippen LogP contribution in [0, 0.1) is 0 Å². The van der Waals surface area contributed by atoms with Crippen molar-refractivity contribution in [1.82, 2.24) is 10.6 Å². The van der Waals surface area contributed by atoms with Crippen LogP contribution in [0.2, 0.25) is 0 Å². The molecule has 5 heteroatoms. The van der Waals surface area contributed by atoms with Crippen LogP contribution in [-0.2, 0) is 4.79 Å². The molecule has 2 aliphatic heterocycles. The second kappa shape index (κ2) is 7.24. The number of benzene rings is 2. The maximum absolute atomic E-state index is 13.0. The molecule has 2 aromatic rings. The van der Waals surface area contributed by atoms with Crippen molar-refractivity contribution in [3.63, 3.8) is 0 Å². The van der Waals surface area contributed by atoms with Gasteiger partial charge in [0.2, 0.25) is 5.91 Å². The van der Waals surface area contributed by atoms with E-state index >= 15 is 0 Å². The molecule has 126 valence electrons. The van der Waals surface area contributed by atoms with Crippen LogP contribution >= 0.6 is 12.4 Å². The number of piperidine rings is 1. The van der Waals surface area contributed by atoms with E-state index in [2.05, 4.69) is 10.6 Å². The summed E-state index contributed by atoms with van der Waals surface area (Å²) in [6.45, 7) is 1.93. The quantitative estimate of drug-likeness (QED) is 0.879. The molecule has 4 rings (SSSR count). The fraction of sp³-hybridized carbons (Fsp3) is 0.316. The predicted octanol–water partition coefficient (Wildman–Crippen LogP) is 3.21. The molecule has 24 heavy (non-hydrogen) atoms. The fourth-order valence-electron chi connectivity index (χ4n) is 3.44. The zero-order chi connectivity index (χ0) is 15.6. The number of para-hydroxylation sites is 2. The minimum Gasteiger partial charge on any atom is -0.457 e. The number of carbonyl (C=O) groups excluding carboxylic acids is 1. The highest BCUT2D eigenvalue weighted by atomic mass is 35.5. The first-order valence-electron chi connectivity index (χ1n) is 8.20.